The first-order valence-electron chi connectivity index (χ1n) is 6.94. The number of halogens is 3. The second-order valence-corrected chi connectivity index (χ2v) is 6.20. The summed E-state index contributed by atoms with van der Waals surface area (Å²) in [6.45, 7) is -0.827. The first kappa shape index (κ1) is 19.0. The summed E-state index contributed by atoms with van der Waals surface area (Å²) in [6, 6.07) is 9.83. The number of rotatable bonds is 6. The maximum atomic E-state index is 14.3. The summed E-state index contributed by atoms with van der Waals surface area (Å²) in [7, 11) is 0. The Kier molecular flexibility index (Phi) is 6.22. The van der Waals surface area contributed by atoms with Crippen LogP contribution in [0.15, 0.2) is 46.9 Å². The molecule has 9 heteroatoms. The SMILES string of the molecule is O=C(C[N+](=O)[O-])c1ccc(C(C(=O)NCl)c2ccc(Br)cc2F)cc1. The molecule has 2 aromatic rings. The lowest BCUT2D eigenvalue weighted by atomic mass is 9.89. The van der Waals surface area contributed by atoms with Gasteiger partial charge in [-0.1, -0.05) is 46.3 Å². The average molecular weight is 430 g/mol. The van der Waals surface area contributed by atoms with E-state index in [1.807, 2.05) is 4.84 Å². The topological polar surface area (TPSA) is 89.3 Å². The van der Waals surface area contributed by atoms with Crippen molar-refractivity contribution in [1.82, 2.24) is 4.84 Å². The second-order valence-electron chi connectivity index (χ2n) is 5.09. The van der Waals surface area contributed by atoms with Crippen molar-refractivity contribution in [2.75, 3.05) is 6.54 Å². The van der Waals surface area contributed by atoms with Crippen LogP contribution in [0.5, 0.6) is 0 Å². The summed E-state index contributed by atoms with van der Waals surface area (Å²) in [6.07, 6.45) is 0. The highest BCUT2D eigenvalue weighted by atomic mass is 79.9. The van der Waals surface area contributed by atoms with E-state index in [0.29, 0.717) is 10.0 Å². The van der Waals surface area contributed by atoms with Gasteiger partial charge < -0.3 is 0 Å². The molecule has 6 nitrogen and oxygen atoms in total. The standard InChI is InChI=1S/C16H11BrClFN2O4/c17-11-5-6-12(13(19)7-11)15(16(23)20-18)10-3-1-9(2-4-10)14(22)8-21(24)25/h1-7,15H,8H2,(H,20,23). The van der Waals surface area contributed by atoms with E-state index in [9.17, 15) is 24.1 Å². The fraction of sp³-hybridized carbons (Fsp3) is 0.125. The van der Waals surface area contributed by atoms with Crippen LogP contribution >= 0.6 is 27.7 Å². The molecule has 1 atom stereocenters. The van der Waals surface area contributed by atoms with Crippen LogP contribution in [0.1, 0.15) is 27.4 Å². The van der Waals surface area contributed by atoms with Gasteiger partial charge in [-0.15, -0.1) is 0 Å². The van der Waals surface area contributed by atoms with Crippen LogP contribution in [0.3, 0.4) is 0 Å². The number of nitrogens with one attached hydrogen (secondary N) is 1. The second kappa shape index (κ2) is 8.17. The van der Waals surface area contributed by atoms with Gasteiger partial charge in [0.15, 0.2) is 0 Å². The highest BCUT2D eigenvalue weighted by molar-refractivity contribution is 9.10. The van der Waals surface area contributed by atoms with E-state index < -0.39 is 34.9 Å². The van der Waals surface area contributed by atoms with Crippen molar-refractivity contribution in [2.24, 2.45) is 0 Å². The number of hydrogen-bond acceptors (Lipinski definition) is 4. The third-order valence-corrected chi connectivity index (χ3v) is 4.15. The lowest BCUT2D eigenvalue weighted by Crippen LogP contribution is -2.24. The lowest BCUT2D eigenvalue weighted by Gasteiger charge is -2.17. The van der Waals surface area contributed by atoms with Crippen LogP contribution in [0.4, 0.5) is 4.39 Å². The van der Waals surface area contributed by atoms with Crippen LogP contribution in [0.25, 0.3) is 0 Å². The van der Waals surface area contributed by atoms with Gasteiger partial charge in [-0.3, -0.25) is 24.5 Å². The van der Waals surface area contributed by atoms with Gasteiger partial charge in [0, 0.05) is 32.3 Å². The number of carbonyl (C=O) groups is 2. The van der Waals surface area contributed by atoms with Gasteiger partial charge in [-0.25, -0.2) is 4.39 Å². The van der Waals surface area contributed by atoms with Crippen LogP contribution < -0.4 is 4.84 Å². The van der Waals surface area contributed by atoms with Crippen molar-refractivity contribution >= 4 is 39.4 Å². The van der Waals surface area contributed by atoms with Crippen LogP contribution in [0, 0.1) is 15.9 Å². The van der Waals surface area contributed by atoms with Crippen molar-refractivity contribution in [3.8, 4) is 0 Å². The Morgan fingerprint density at radius 3 is 2.40 bits per heavy atom. The Morgan fingerprint density at radius 2 is 1.88 bits per heavy atom. The zero-order valence-corrected chi connectivity index (χ0v) is 14.9. The number of hydrogen-bond donors (Lipinski definition) is 1. The first-order chi connectivity index (χ1) is 11.8. The van der Waals surface area contributed by atoms with E-state index in [4.69, 9.17) is 11.8 Å². The molecule has 0 bridgehead atoms. The third kappa shape index (κ3) is 4.61. The molecule has 0 aliphatic carbocycles. The van der Waals surface area contributed by atoms with Gasteiger partial charge in [0.2, 0.25) is 11.7 Å². The predicted molar refractivity (Wildman–Crippen MR) is 92.6 cm³/mol. The number of ketones is 1. The molecule has 0 saturated carbocycles. The fourth-order valence-electron chi connectivity index (χ4n) is 2.33. The third-order valence-electron chi connectivity index (χ3n) is 3.47. The largest absolute Gasteiger partial charge is 0.287 e. The molecule has 2 rings (SSSR count). The molecule has 0 heterocycles. The van der Waals surface area contributed by atoms with Gasteiger partial charge in [-0.2, -0.15) is 0 Å². The molecule has 130 valence electrons. The number of amides is 1. The van der Waals surface area contributed by atoms with Crippen molar-refractivity contribution in [1.29, 1.82) is 0 Å². The molecule has 25 heavy (non-hydrogen) atoms. The number of Topliss-reactive ketones (excluding diaryl/α,β-unsaturated/α-hetero) is 1. The van der Waals surface area contributed by atoms with Gasteiger partial charge in [0.05, 0.1) is 5.92 Å². The molecular formula is C16H11BrClFN2O4. The zero-order valence-electron chi connectivity index (χ0n) is 12.5. The van der Waals surface area contributed by atoms with Crippen LogP contribution in [-0.4, -0.2) is 23.2 Å². The highest BCUT2D eigenvalue weighted by Gasteiger charge is 2.26. The summed E-state index contributed by atoms with van der Waals surface area (Å²) in [4.78, 5) is 35.5. The summed E-state index contributed by atoms with van der Waals surface area (Å²) in [5.41, 5.74) is 0.615. The average Bonchev–Trinajstić information content (AvgIpc) is 2.56. The maximum Gasteiger partial charge on any atom is 0.265 e. The minimum atomic E-state index is -1.04. The number of benzene rings is 2. The molecule has 1 N–H and O–H groups in total. The van der Waals surface area contributed by atoms with Crippen molar-refractivity contribution in [2.45, 2.75) is 5.92 Å². The molecule has 0 saturated heterocycles. The first-order valence-corrected chi connectivity index (χ1v) is 8.11. The van der Waals surface area contributed by atoms with E-state index in [2.05, 4.69) is 15.9 Å². The van der Waals surface area contributed by atoms with Crippen molar-refractivity contribution < 1.29 is 18.9 Å². The normalized spacial score (nSPS) is 11.6. The molecule has 1 unspecified atom stereocenters. The molecule has 0 spiro atoms. The Morgan fingerprint density at radius 1 is 1.24 bits per heavy atom. The number of nitrogens with zero attached hydrogens (tertiary/aromatic N) is 1. The van der Waals surface area contributed by atoms with Crippen molar-refractivity contribution in [3.63, 3.8) is 0 Å². The molecular weight excluding hydrogens is 419 g/mol. The summed E-state index contributed by atoms with van der Waals surface area (Å²) in [5.74, 6) is -2.95. The highest BCUT2D eigenvalue weighted by Crippen LogP contribution is 2.29. The molecule has 0 aliphatic rings. The quantitative estimate of drug-likeness (QED) is 0.330. The molecule has 0 fully saturated rings. The number of nitro groups is 1. The number of carbonyl (C=O) groups excluding carboxylic acids is 2. The fourth-order valence-corrected chi connectivity index (χ4v) is 2.77. The summed E-state index contributed by atoms with van der Waals surface area (Å²) < 4.78 is 14.8. The summed E-state index contributed by atoms with van der Waals surface area (Å²) >= 11 is 8.55. The minimum Gasteiger partial charge on any atom is -0.287 e. The van der Waals surface area contributed by atoms with E-state index in [-0.39, 0.29) is 11.1 Å². The molecule has 0 aromatic heterocycles. The Bertz CT molecular complexity index is 829. The van der Waals surface area contributed by atoms with Gasteiger partial charge in [0.25, 0.3) is 6.54 Å². The van der Waals surface area contributed by atoms with E-state index in [1.165, 1.54) is 36.4 Å². The van der Waals surface area contributed by atoms with Crippen LogP contribution in [0.2, 0.25) is 0 Å². The Balaban J connectivity index is 2.40. The van der Waals surface area contributed by atoms with Gasteiger partial charge in [0.1, 0.15) is 5.82 Å². The van der Waals surface area contributed by atoms with E-state index in [1.54, 1.807) is 6.07 Å². The maximum absolute atomic E-state index is 14.3. The predicted octanol–water partition coefficient (Wildman–Crippen LogP) is 3.45. The lowest BCUT2D eigenvalue weighted by molar-refractivity contribution is -0.465. The minimum absolute atomic E-state index is 0.103. The molecule has 2 aromatic carbocycles. The Hall–Kier alpha value is -2.32. The monoisotopic (exact) mass is 428 g/mol. The van der Waals surface area contributed by atoms with Gasteiger partial charge >= 0.3 is 0 Å². The van der Waals surface area contributed by atoms with Crippen molar-refractivity contribution in [3.05, 3.63) is 79.6 Å². The van der Waals surface area contributed by atoms with Crippen LogP contribution in [-0.2, 0) is 4.79 Å². The zero-order chi connectivity index (χ0) is 18.6. The smallest absolute Gasteiger partial charge is 0.265 e. The molecule has 1 amide bonds. The summed E-state index contributed by atoms with van der Waals surface area (Å²) in [5, 5.41) is 10.4. The molecule has 0 aliphatic heterocycles. The van der Waals surface area contributed by atoms with Gasteiger partial charge in [-0.05, 0) is 17.7 Å². The molecule has 0 radical (unpaired) electrons. The van der Waals surface area contributed by atoms with E-state index >= 15 is 0 Å². The Labute approximate surface area is 155 Å². The van der Waals surface area contributed by atoms with E-state index in [0.717, 1.165) is 0 Å².